The molecule has 0 saturated carbocycles. The second kappa shape index (κ2) is 7.11. The largest absolute Gasteiger partial charge is 0.454 e. The van der Waals surface area contributed by atoms with Crippen LogP contribution in [-0.4, -0.2) is 22.3 Å². The lowest BCUT2D eigenvalue weighted by molar-refractivity contribution is -0.121. The van der Waals surface area contributed by atoms with Crippen LogP contribution in [-0.2, 0) is 17.9 Å². The Hall–Kier alpha value is -3.35. The van der Waals surface area contributed by atoms with Gasteiger partial charge in [0.05, 0.1) is 11.0 Å². The molecule has 1 N–H and O–H groups in total. The number of rotatable bonds is 5. The van der Waals surface area contributed by atoms with Gasteiger partial charge in [0.25, 0.3) is 5.56 Å². The van der Waals surface area contributed by atoms with Crippen LogP contribution >= 0.6 is 0 Å². The van der Waals surface area contributed by atoms with Gasteiger partial charge in [-0.05, 0) is 36.8 Å². The first-order valence-corrected chi connectivity index (χ1v) is 8.73. The van der Waals surface area contributed by atoms with Crippen molar-refractivity contribution in [2.45, 2.75) is 26.4 Å². The molecule has 1 amide bonds. The van der Waals surface area contributed by atoms with Crippen molar-refractivity contribution in [3.05, 3.63) is 64.1 Å². The number of carbonyl (C=O) groups is 1. The number of ether oxygens (including phenoxy) is 2. The summed E-state index contributed by atoms with van der Waals surface area (Å²) in [5.74, 6) is 1.27. The molecule has 2 heterocycles. The van der Waals surface area contributed by atoms with Gasteiger partial charge in [-0.2, -0.15) is 0 Å². The number of fused-ring (bicyclic) bond motifs is 2. The SMILES string of the molecule is Cc1nc2ccccc2n(CCC(=O)NCc2ccc3c(c2)OCO3)c1=O. The summed E-state index contributed by atoms with van der Waals surface area (Å²) < 4.78 is 12.2. The summed E-state index contributed by atoms with van der Waals surface area (Å²) in [6.45, 7) is 2.60. The van der Waals surface area contributed by atoms with E-state index in [0.29, 0.717) is 30.3 Å². The molecule has 1 aromatic heterocycles. The van der Waals surface area contributed by atoms with Crippen molar-refractivity contribution in [2.75, 3.05) is 6.79 Å². The average Bonchev–Trinajstić information content (AvgIpc) is 3.14. The molecule has 0 bridgehead atoms. The number of benzene rings is 2. The summed E-state index contributed by atoms with van der Waals surface area (Å²) >= 11 is 0. The van der Waals surface area contributed by atoms with Crippen LogP contribution in [0, 0.1) is 6.92 Å². The Morgan fingerprint density at radius 1 is 1.19 bits per heavy atom. The van der Waals surface area contributed by atoms with Crippen molar-refractivity contribution < 1.29 is 14.3 Å². The zero-order chi connectivity index (χ0) is 18.8. The van der Waals surface area contributed by atoms with Crippen molar-refractivity contribution in [2.24, 2.45) is 0 Å². The smallest absolute Gasteiger partial charge is 0.272 e. The molecule has 1 aliphatic heterocycles. The Morgan fingerprint density at radius 2 is 2.00 bits per heavy atom. The minimum Gasteiger partial charge on any atom is -0.454 e. The topological polar surface area (TPSA) is 82.5 Å². The zero-order valence-electron chi connectivity index (χ0n) is 14.9. The van der Waals surface area contributed by atoms with Gasteiger partial charge in [0.1, 0.15) is 5.69 Å². The molecule has 0 saturated heterocycles. The van der Waals surface area contributed by atoms with Gasteiger partial charge in [0, 0.05) is 19.5 Å². The highest BCUT2D eigenvalue weighted by Crippen LogP contribution is 2.32. The molecule has 3 aromatic rings. The van der Waals surface area contributed by atoms with Crippen LogP contribution in [0.15, 0.2) is 47.3 Å². The molecule has 2 aromatic carbocycles. The third-order valence-corrected chi connectivity index (χ3v) is 4.50. The first-order chi connectivity index (χ1) is 13.1. The highest BCUT2D eigenvalue weighted by atomic mass is 16.7. The maximum absolute atomic E-state index is 12.4. The number of aromatic nitrogens is 2. The monoisotopic (exact) mass is 365 g/mol. The Kier molecular flexibility index (Phi) is 4.50. The van der Waals surface area contributed by atoms with E-state index in [9.17, 15) is 9.59 Å². The van der Waals surface area contributed by atoms with Crippen LogP contribution in [0.1, 0.15) is 17.7 Å². The fourth-order valence-corrected chi connectivity index (χ4v) is 3.10. The summed E-state index contributed by atoms with van der Waals surface area (Å²) in [5, 5.41) is 2.88. The predicted octanol–water partition coefficient (Wildman–Crippen LogP) is 2.14. The molecule has 27 heavy (non-hydrogen) atoms. The van der Waals surface area contributed by atoms with Gasteiger partial charge in [0.2, 0.25) is 12.7 Å². The third-order valence-electron chi connectivity index (χ3n) is 4.50. The fourth-order valence-electron chi connectivity index (χ4n) is 3.10. The summed E-state index contributed by atoms with van der Waals surface area (Å²) in [7, 11) is 0. The Bertz CT molecular complexity index is 1070. The van der Waals surface area contributed by atoms with E-state index in [1.54, 1.807) is 11.5 Å². The second-order valence-corrected chi connectivity index (χ2v) is 6.36. The standard InChI is InChI=1S/C20H19N3O4/c1-13-20(25)23(16-5-3-2-4-15(16)22-13)9-8-19(24)21-11-14-6-7-17-18(10-14)27-12-26-17/h2-7,10H,8-9,11-12H2,1H3,(H,21,24). The summed E-state index contributed by atoms with van der Waals surface area (Å²) in [6, 6.07) is 13.0. The fraction of sp³-hybridized carbons (Fsp3) is 0.250. The predicted molar refractivity (Wildman–Crippen MR) is 99.8 cm³/mol. The summed E-state index contributed by atoms with van der Waals surface area (Å²) in [6.07, 6.45) is 0.206. The van der Waals surface area contributed by atoms with Gasteiger partial charge in [-0.1, -0.05) is 18.2 Å². The van der Waals surface area contributed by atoms with E-state index in [4.69, 9.17) is 9.47 Å². The maximum atomic E-state index is 12.4. The maximum Gasteiger partial charge on any atom is 0.272 e. The van der Waals surface area contributed by atoms with Gasteiger partial charge in [-0.25, -0.2) is 4.98 Å². The molecule has 0 fully saturated rings. The molecular formula is C20H19N3O4. The lowest BCUT2D eigenvalue weighted by Crippen LogP contribution is -2.28. The van der Waals surface area contributed by atoms with Crippen molar-refractivity contribution in [3.63, 3.8) is 0 Å². The lowest BCUT2D eigenvalue weighted by atomic mass is 10.2. The quantitative estimate of drug-likeness (QED) is 0.749. The molecule has 0 radical (unpaired) electrons. The van der Waals surface area contributed by atoms with Crippen molar-refractivity contribution >= 4 is 16.9 Å². The minimum absolute atomic E-state index is 0.127. The lowest BCUT2D eigenvalue weighted by Gasteiger charge is -2.11. The Balaban J connectivity index is 1.42. The van der Waals surface area contributed by atoms with Gasteiger partial charge in [-0.15, -0.1) is 0 Å². The van der Waals surface area contributed by atoms with Crippen molar-refractivity contribution in [1.82, 2.24) is 14.9 Å². The van der Waals surface area contributed by atoms with E-state index >= 15 is 0 Å². The van der Waals surface area contributed by atoms with E-state index in [2.05, 4.69) is 10.3 Å². The van der Waals surface area contributed by atoms with Crippen molar-refractivity contribution in [3.8, 4) is 11.5 Å². The van der Waals surface area contributed by atoms with Crippen LogP contribution in [0.2, 0.25) is 0 Å². The number of nitrogens with one attached hydrogen (secondary N) is 1. The van der Waals surface area contributed by atoms with Crippen LogP contribution in [0.5, 0.6) is 11.5 Å². The van der Waals surface area contributed by atoms with Crippen LogP contribution in [0.4, 0.5) is 0 Å². The van der Waals surface area contributed by atoms with E-state index < -0.39 is 0 Å². The van der Waals surface area contributed by atoms with Gasteiger partial charge in [-0.3, -0.25) is 9.59 Å². The Labute approximate surface area is 155 Å². The average molecular weight is 365 g/mol. The normalized spacial score (nSPS) is 12.3. The van der Waals surface area contributed by atoms with Gasteiger partial charge in [0.15, 0.2) is 11.5 Å². The van der Waals surface area contributed by atoms with E-state index in [1.807, 2.05) is 42.5 Å². The molecule has 0 unspecified atom stereocenters. The van der Waals surface area contributed by atoms with Crippen LogP contribution in [0.3, 0.4) is 0 Å². The number of hydrogen-bond acceptors (Lipinski definition) is 5. The molecule has 0 aliphatic carbocycles. The van der Waals surface area contributed by atoms with Gasteiger partial charge < -0.3 is 19.4 Å². The number of aryl methyl sites for hydroxylation is 2. The molecule has 0 atom stereocenters. The molecule has 138 valence electrons. The molecule has 7 nitrogen and oxygen atoms in total. The van der Waals surface area contributed by atoms with Crippen molar-refractivity contribution in [1.29, 1.82) is 0 Å². The van der Waals surface area contributed by atoms with E-state index in [1.165, 1.54) is 0 Å². The van der Waals surface area contributed by atoms with E-state index in [-0.39, 0.29) is 24.7 Å². The molecular weight excluding hydrogens is 346 g/mol. The first-order valence-electron chi connectivity index (χ1n) is 8.73. The van der Waals surface area contributed by atoms with E-state index in [0.717, 1.165) is 16.6 Å². The third kappa shape index (κ3) is 3.48. The summed E-state index contributed by atoms with van der Waals surface area (Å²) in [5.41, 5.74) is 2.66. The van der Waals surface area contributed by atoms with Crippen LogP contribution < -0.4 is 20.3 Å². The first kappa shape index (κ1) is 17.1. The molecule has 7 heteroatoms. The number of para-hydroxylation sites is 2. The number of nitrogens with zero attached hydrogens (tertiary/aromatic N) is 2. The number of carbonyl (C=O) groups excluding carboxylic acids is 1. The van der Waals surface area contributed by atoms with Gasteiger partial charge >= 0.3 is 0 Å². The zero-order valence-corrected chi connectivity index (χ0v) is 14.9. The number of amides is 1. The Morgan fingerprint density at radius 3 is 2.89 bits per heavy atom. The highest BCUT2D eigenvalue weighted by molar-refractivity contribution is 5.77. The minimum atomic E-state index is -0.169. The van der Waals surface area contributed by atoms with Crippen LogP contribution in [0.25, 0.3) is 11.0 Å². The number of hydrogen-bond donors (Lipinski definition) is 1. The highest BCUT2D eigenvalue weighted by Gasteiger charge is 2.14. The summed E-state index contributed by atoms with van der Waals surface area (Å²) in [4.78, 5) is 29.0. The molecule has 1 aliphatic rings. The molecule has 0 spiro atoms. The molecule has 4 rings (SSSR count). The second-order valence-electron chi connectivity index (χ2n) is 6.36.